The molecule has 2 rings (SSSR count). The lowest BCUT2D eigenvalue weighted by Gasteiger charge is -2.49. The van der Waals surface area contributed by atoms with Crippen molar-refractivity contribution in [3.05, 3.63) is 12.4 Å². The molecule has 6 nitrogen and oxygen atoms in total. The molecule has 1 aliphatic rings. The van der Waals surface area contributed by atoms with Crippen LogP contribution in [-0.2, 0) is 6.54 Å². The van der Waals surface area contributed by atoms with Crippen LogP contribution in [0.2, 0.25) is 0 Å². The van der Waals surface area contributed by atoms with Crippen molar-refractivity contribution in [3.8, 4) is 0 Å². The van der Waals surface area contributed by atoms with Gasteiger partial charge in [0.1, 0.15) is 0 Å². The third kappa shape index (κ3) is 3.50. The molecule has 1 atom stereocenters. The largest absolute Gasteiger partial charge is 0.396 e. The van der Waals surface area contributed by atoms with Crippen LogP contribution in [0.15, 0.2) is 12.4 Å². The summed E-state index contributed by atoms with van der Waals surface area (Å²) in [5.74, 6) is 0. The quantitative estimate of drug-likeness (QED) is 0.749. The third-order valence-corrected chi connectivity index (χ3v) is 4.37. The van der Waals surface area contributed by atoms with Gasteiger partial charge in [-0.25, -0.2) is 0 Å². The first-order chi connectivity index (χ1) is 9.41. The number of nitrogens with two attached hydrogens (primary N) is 1. The van der Waals surface area contributed by atoms with Gasteiger partial charge in [-0.05, 0) is 40.4 Å². The lowest BCUT2D eigenvalue weighted by atomic mass is 9.75. The second kappa shape index (κ2) is 6.11. The monoisotopic (exact) mass is 281 g/mol. The van der Waals surface area contributed by atoms with Crippen molar-refractivity contribution in [1.29, 1.82) is 0 Å². The Labute approximate surface area is 121 Å². The van der Waals surface area contributed by atoms with Gasteiger partial charge < -0.3 is 20.6 Å². The summed E-state index contributed by atoms with van der Waals surface area (Å²) in [6, 6.07) is 0. The van der Waals surface area contributed by atoms with Crippen molar-refractivity contribution in [1.82, 2.24) is 19.6 Å². The Kier molecular flexibility index (Phi) is 4.67. The Morgan fingerprint density at radius 2 is 2.15 bits per heavy atom. The zero-order valence-electron chi connectivity index (χ0n) is 12.8. The topological polar surface area (TPSA) is 70.5 Å². The van der Waals surface area contributed by atoms with Crippen molar-refractivity contribution < 1.29 is 5.11 Å². The summed E-state index contributed by atoms with van der Waals surface area (Å²) in [4.78, 5) is 4.55. The number of likely N-dealkylation sites (N-methyl/N-ethyl adjacent to an activating group) is 2. The van der Waals surface area contributed by atoms with Gasteiger partial charge in [-0.2, -0.15) is 5.10 Å². The zero-order valence-corrected chi connectivity index (χ0v) is 12.8. The fourth-order valence-corrected chi connectivity index (χ4v) is 3.01. The molecule has 0 spiro atoms. The van der Waals surface area contributed by atoms with Gasteiger partial charge >= 0.3 is 0 Å². The second-order valence-electron chi connectivity index (χ2n) is 6.32. The van der Waals surface area contributed by atoms with Gasteiger partial charge in [0.05, 0.1) is 24.5 Å². The minimum atomic E-state index is -0.432. The summed E-state index contributed by atoms with van der Waals surface area (Å²) in [5, 5.41) is 14.2. The maximum absolute atomic E-state index is 10.2. The van der Waals surface area contributed by atoms with Gasteiger partial charge in [0.25, 0.3) is 0 Å². The van der Waals surface area contributed by atoms with Crippen LogP contribution in [0.1, 0.15) is 19.3 Å². The number of rotatable bonds is 7. The lowest BCUT2D eigenvalue weighted by Crippen LogP contribution is -2.57. The van der Waals surface area contributed by atoms with Crippen LogP contribution in [0.25, 0.3) is 0 Å². The molecule has 0 amide bonds. The number of hydrogen-bond acceptors (Lipinski definition) is 5. The van der Waals surface area contributed by atoms with Crippen molar-refractivity contribution in [2.75, 3.05) is 40.0 Å². The highest BCUT2D eigenvalue weighted by Gasteiger charge is 2.39. The minimum absolute atomic E-state index is 0.296. The molecule has 0 saturated heterocycles. The van der Waals surface area contributed by atoms with Crippen LogP contribution in [0.4, 0.5) is 5.69 Å². The van der Waals surface area contributed by atoms with E-state index >= 15 is 0 Å². The molecule has 1 aliphatic carbocycles. The summed E-state index contributed by atoms with van der Waals surface area (Å²) < 4.78 is 1.69. The molecule has 0 bridgehead atoms. The third-order valence-electron chi connectivity index (χ3n) is 4.37. The number of aliphatic hydroxyl groups is 1. The van der Waals surface area contributed by atoms with Crippen LogP contribution in [0.5, 0.6) is 0 Å². The average Bonchev–Trinajstić information content (AvgIpc) is 2.68. The Balaban J connectivity index is 1.80. The SMILES string of the molecule is CN(CC(O)Cn1cc(N)cn1)CC1(N(C)C)CCC1. The van der Waals surface area contributed by atoms with Gasteiger partial charge in [0.15, 0.2) is 0 Å². The van der Waals surface area contributed by atoms with E-state index in [1.807, 2.05) is 0 Å². The van der Waals surface area contributed by atoms with E-state index < -0.39 is 6.10 Å². The van der Waals surface area contributed by atoms with E-state index in [1.165, 1.54) is 19.3 Å². The van der Waals surface area contributed by atoms with Gasteiger partial charge in [0, 0.05) is 24.8 Å². The fraction of sp³-hybridized carbons (Fsp3) is 0.786. The van der Waals surface area contributed by atoms with Gasteiger partial charge in [0.2, 0.25) is 0 Å². The maximum atomic E-state index is 10.2. The van der Waals surface area contributed by atoms with Crippen LogP contribution >= 0.6 is 0 Å². The number of aromatic nitrogens is 2. The Hall–Kier alpha value is -1.11. The Morgan fingerprint density at radius 1 is 1.45 bits per heavy atom. The molecule has 1 aromatic rings. The molecule has 1 saturated carbocycles. The average molecular weight is 281 g/mol. The van der Waals surface area contributed by atoms with Crippen molar-refractivity contribution in [3.63, 3.8) is 0 Å². The maximum Gasteiger partial charge on any atom is 0.0862 e. The first-order valence-corrected chi connectivity index (χ1v) is 7.23. The highest BCUT2D eigenvalue weighted by molar-refractivity contribution is 5.30. The fourth-order valence-electron chi connectivity index (χ4n) is 3.01. The summed E-state index contributed by atoms with van der Waals surface area (Å²) in [7, 11) is 6.37. The number of aliphatic hydroxyl groups excluding tert-OH is 1. The van der Waals surface area contributed by atoms with Crippen molar-refractivity contribution in [2.24, 2.45) is 0 Å². The first-order valence-electron chi connectivity index (χ1n) is 7.23. The molecule has 1 fully saturated rings. The minimum Gasteiger partial charge on any atom is -0.396 e. The Bertz CT molecular complexity index is 427. The van der Waals surface area contributed by atoms with Crippen molar-refractivity contribution in [2.45, 2.75) is 37.5 Å². The van der Waals surface area contributed by atoms with Gasteiger partial charge in [-0.1, -0.05) is 0 Å². The van der Waals surface area contributed by atoms with E-state index in [0.29, 0.717) is 24.3 Å². The molecule has 1 heterocycles. The van der Waals surface area contributed by atoms with E-state index in [0.717, 1.165) is 6.54 Å². The smallest absolute Gasteiger partial charge is 0.0862 e. The standard InChI is InChI=1S/C14H27N5O/c1-17(2)14(5-4-6-14)11-18(3)9-13(20)10-19-8-12(15)7-16-19/h7-8,13,20H,4-6,9-11,15H2,1-3H3. The van der Waals surface area contributed by atoms with E-state index in [-0.39, 0.29) is 0 Å². The lowest BCUT2D eigenvalue weighted by molar-refractivity contribution is 0.0124. The van der Waals surface area contributed by atoms with Crippen LogP contribution in [0, 0.1) is 0 Å². The molecule has 1 aromatic heterocycles. The van der Waals surface area contributed by atoms with Crippen LogP contribution in [-0.4, -0.2) is 70.6 Å². The molecule has 3 N–H and O–H groups in total. The normalized spacial score (nSPS) is 19.3. The number of nitrogen functional groups attached to an aromatic ring is 1. The van der Waals surface area contributed by atoms with E-state index in [4.69, 9.17) is 5.73 Å². The predicted molar refractivity (Wildman–Crippen MR) is 80.4 cm³/mol. The summed E-state index contributed by atoms with van der Waals surface area (Å²) in [5.41, 5.74) is 6.54. The molecular formula is C14H27N5O. The molecular weight excluding hydrogens is 254 g/mol. The summed E-state index contributed by atoms with van der Waals surface area (Å²) in [6.07, 6.45) is 6.72. The number of hydrogen-bond donors (Lipinski definition) is 2. The van der Waals surface area contributed by atoms with Gasteiger partial charge in [-0.3, -0.25) is 4.68 Å². The van der Waals surface area contributed by atoms with E-state index in [2.05, 4.69) is 36.0 Å². The highest BCUT2D eigenvalue weighted by Crippen LogP contribution is 2.36. The molecule has 6 heteroatoms. The summed E-state index contributed by atoms with van der Waals surface area (Å²) >= 11 is 0. The molecule has 114 valence electrons. The number of nitrogens with zero attached hydrogens (tertiary/aromatic N) is 4. The summed E-state index contributed by atoms with van der Waals surface area (Å²) in [6.45, 7) is 2.13. The van der Waals surface area contributed by atoms with Crippen LogP contribution < -0.4 is 5.73 Å². The zero-order chi connectivity index (χ0) is 14.8. The van der Waals surface area contributed by atoms with E-state index in [1.54, 1.807) is 17.1 Å². The van der Waals surface area contributed by atoms with Gasteiger partial charge in [-0.15, -0.1) is 0 Å². The molecule has 1 unspecified atom stereocenters. The van der Waals surface area contributed by atoms with E-state index in [9.17, 15) is 5.11 Å². The number of anilines is 1. The molecule has 0 aliphatic heterocycles. The molecule has 20 heavy (non-hydrogen) atoms. The highest BCUT2D eigenvalue weighted by atomic mass is 16.3. The molecule has 0 radical (unpaired) electrons. The Morgan fingerprint density at radius 3 is 2.60 bits per heavy atom. The predicted octanol–water partition coefficient (Wildman–Crippen LogP) is 0.242. The molecule has 0 aromatic carbocycles. The van der Waals surface area contributed by atoms with Crippen molar-refractivity contribution >= 4 is 5.69 Å². The first kappa shape index (κ1) is 15.3. The second-order valence-corrected chi connectivity index (χ2v) is 6.32. The van der Waals surface area contributed by atoms with Crippen LogP contribution in [0.3, 0.4) is 0 Å².